The summed E-state index contributed by atoms with van der Waals surface area (Å²) in [6.07, 6.45) is 9.58. The molecule has 82 valence electrons. The number of hydrogen-bond acceptors (Lipinski definition) is 1. The highest BCUT2D eigenvalue weighted by atomic mass is 79.9. The van der Waals surface area contributed by atoms with Crippen LogP contribution in [-0.2, 0) is 0 Å². The van der Waals surface area contributed by atoms with Crippen molar-refractivity contribution in [2.45, 2.75) is 58.8 Å². The van der Waals surface area contributed by atoms with E-state index in [2.05, 4.69) is 13.8 Å². The summed E-state index contributed by atoms with van der Waals surface area (Å²) in [5.41, 5.74) is 5.48. The third-order valence-electron chi connectivity index (χ3n) is 2.46. The van der Waals surface area contributed by atoms with E-state index < -0.39 is 0 Å². The third kappa shape index (κ3) is 12.4. The molecule has 0 heterocycles. The molecule has 1 unspecified atom stereocenters. The highest BCUT2D eigenvalue weighted by Crippen LogP contribution is 2.13. The molecule has 1 nitrogen and oxygen atoms in total. The molecule has 0 saturated carbocycles. The van der Waals surface area contributed by atoms with E-state index in [1.807, 2.05) is 0 Å². The molecule has 0 aliphatic carbocycles. The smallest absolute Gasteiger partial charge is 0.00747 e. The molecular weight excluding hydrogens is 226 g/mol. The van der Waals surface area contributed by atoms with Crippen LogP contribution in [0.2, 0.25) is 0 Å². The van der Waals surface area contributed by atoms with Crippen LogP contribution in [0.15, 0.2) is 0 Å². The van der Waals surface area contributed by atoms with Crippen molar-refractivity contribution in [3.8, 4) is 0 Å². The van der Waals surface area contributed by atoms with Gasteiger partial charge in [-0.3, -0.25) is 0 Å². The van der Waals surface area contributed by atoms with Gasteiger partial charge in [0.25, 0.3) is 0 Å². The molecule has 0 saturated heterocycles. The van der Waals surface area contributed by atoms with Crippen LogP contribution < -0.4 is 5.73 Å². The van der Waals surface area contributed by atoms with Crippen molar-refractivity contribution < 1.29 is 0 Å². The van der Waals surface area contributed by atoms with Crippen LogP contribution in [0.5, 0.6) is 0 Å². The summed E-state index contributed by atoms with van der Waals surface area (Å²) in [7, 11) is 0. The van der Waals surface area contributed by atoms with Crippen LogP contribution in [0.25, 0.3) is 0 Å². The van der Waals surface area contributed by atoms with Gasteiger partial charge < -0.3 is 5.73 Å². The fourth-order valence-electron chi connectivity index (χ4n) is 1.53. The SMILES string of the molecule is Br.CCCCCCCC(C)CCN. The second kappa shape index (κ2) is 12.4. The Bertz CT molecular complexity index is 86.2. The van der Waals surface area contributed by atoms with Gasteiger partial charge >= 0.3 is 0 Å². The topological polar surface area (TPSA) is 26.0 Å². The summed E-state index contributed by atoms with van der Waals surface area (Å²) in [6, 6.07) is 0. The maximum atomic E-state index is 5.48. The molecule has 0 aromatic rings. The van der Waals surface area contributed by atoms with Gasteiger partial charge in [0.2, 0.25) is 0 Å². The Balaban J connectivity index is 0. The lowest BCUT2D eigenvalue weighted by atomic mass is 9.99. The quantitative estimate of drug-likeness (QED) is 0.651. The number of nitrogens with two attached hydrogens (primary N) is 1. The Labute approximate surface area is 94.2 Å². The van der Waals surface area contributed by atoms with Gasteiger partial charge in [0.05, 0.1) is 0 Å². The van der Waals surface area contributed by atoms with Gasteiger partial charge in [0.15, 0.2) is 0 Å². The molecule has 0 aromatic heterocycles. The van der Waals surface area contributed by atoms with Crippen molar-refractivity contribution in [2.75, 3.05) is 6.54 Å². The Morgan fingerprint density at radius 1 is 1.00 bits per heavy atom. The van der Waals surface area contributed by atoms with E-state index in [0.29, 0.717) is 0 Å². The highest BCUT2D eigenvalue weighted by Gasteiger charge is 1.99. The Kier molecular flexibility index (Phi) is 15.2. The summed E-state index contributed by atoms with van der Waals surface area (Å²) < 4.78 is 0. The molecular formula is C11H26BrN. The number of hydrogen-bond donors (Lipinski definition) is 1. The minimum Gasteiger partial charge on any atom is -0.330 e. The molecule has 0 rings (SSSR count). The predicted molar refractivity (Wildman–Crippen MR) is 66.5 cm³/mol. The fourth-order valence-corrected chi connectivity index (χ4v) is 1.53. The van der Waals surface area contributed by atoms with Crippen molar-refractivity contribution >= 4 is 17.0 Å². The molecule has 2 heteroatoms. The molecule has 0 aliphatic heterocycles. The lowest BCUT2D eigenvalue weighted by Crippen LogP contribution is -2.05. The zero-order valence-corrected chi connectivity index (χ0v) is 10.9. The van der Waals surface area contributed by atoms with E-state index in [-0.39, 0.29) is 17.0 Å². The van der Waals surface area contributed by atoms with Gasteiger partial charge in [0, 0.05) is 0 Å². The Morgan fingerprint density at radius 3 is 2.15 bits per heavy atom. The van der Waals surface area contributed by atoms with Gasteiger partial charge in [-0.1, -0.05) is 52.4 Å². The van der Waals surface area contributed by atoms with Crippen LogP contribution in [0.1, 0.15) is 58.8 Å². The van der Waals surface area contributed by atoms with Crippen LogP contribution in [0, 0.1) is 5.92 Å². The van der Waals surface area contributed by atoms with E-state index in [9.17, 15) is 0 Å². The summed E-state index contributed by atoms with van der Waals surface area (Å²) in [4.78, 5) is 0. The van der Waals surface area contributed by atoms with Gasteiger partial charge in [-0.05, 0) is 18.9 Å². The first-order valence-electron chi connectivity index (χ1n) is 5.51. The van der Waals surface area contributed by atoms with Gasteiger partial charge in [0.1, 0.15) is 0 Å². The van der Waals surface area contributed by atoms with Crippen molar-refractivity contribution in [3.05, 3.63) is 0 Å². The fraction of sp³-hybridized carbons (Fsp3) is 1.00. The summed E-state index contributed by atoms with van der Waals surface area (Å²) in [5, 5.41) is 0. The summed E-state index contributed by atoms with van der Waals surface area (Å²) >= 11 is 0. The largest absolute Gasteiger partial charge is 0.330 e. The minimum absolute atomic E-state index is 0. The first-order valence-corrected chi connectivity index (χ1v) is 5.51. The van der Waals surface area contributed by atoms with Crippen molar-refractivity contribution in [1.29, 1.82) is 0 Å². The zero-order valence-electron chi connectivity index (χ0n) is 9.22. The van der Waals surface area contributed by atoms with E-state index >= 15 is 0 Å². The molecule has 0 aromatic carbocycles. The first-order chi connectivity index (χ1) is 5.81. The van der Waals surface area contributed by atoms with Crippen molar-refractivity contribution in [2.24, 2.45) is 11.7 Å². The van der Waals surface area contributed by atoms with Gasteiger partial charge in [-0.2, -0.15) is 0 Å². The van der Waals surface area contributed by atoms with Gasteiger partial charge in [-0.25, -0.2) is 0 Å². The average Bonchev–Trinajstić information content (AvgIpc) is 2.05. The highest BCUT2D eigenvalue weighted by molar-refractivity contribution is 8.93. The number of rotatable bonds is 8. The van der Waals surface area contributed by atoms with Gasteiger partial charge in [-0.15, -0.1) is 17.0 Å². The number of unbranched alkanes of at least 4 members (excludes halogenated alkanes) is 4. The molecule has 0 fully saturated rings. The van der Waals surface area contributed by atoms with Crippen molar-refractivity contribution in [1.82, 2.24) is 0 Å². The van der Waals surface area contributed by atoms with E-state index in [4.69, 9.17) is 5.73 Å². The van der Waals surface area contributed by atoms with E-state index in [1.165, 1.54) is 44.9 Å². The maximum Gasteiger partial charge on any atom is -0.00747 e. The summed E-state index contributed by atoms with van der Waals surface area (Å²) in [5.74, 6) is 0.844. The van der Waals surface area contributed by atoms with E-state index in [1.54, 1.807) is 0 Å². The van der Waals surface area contributed by atoms with Crippen LogP contribution >= 0.6 is 17.0 Å². The first kappa shape index (κ1) is 15.9. The zero-order chi connectivity index (χ0) is 9.23. The van der Waals surface area contributed by atoms with Crippen molar-refractivity contribution in [3.63, 3.8) is 0 Å². The van der Waals surface area contributed by atoms with Crippen LogP contribution in [-0.4, -0.2) is 6.54 Å². The second-order valence-electron chi connectivity index (χ2n) is 3.89. The van der Waals surface area contributed by atoms with Crippen LogP contribution in [0.3, 0.4) is 0 Å². The van der Waals surface area contributed by atoms with E-state index in [0.717, 1.165) is 12.5 Å². The third-order valence-corrected chi connectivity index (χ3v) is 2.46. The Hall–Kier alpha value is 0.440. The minimum atomic E-state index is 0. The molecule has 0 aliphatic rings. The maximum absolute atomic E-state index is 5.48. The second-order valence-corrected chi connectivity index (χ2v) is 3.89. The predicted octanol–water partition coefficient (Wildman–Crippen LogP) is 3.91. The molecule has 2 N–H and O–H groups in total. The number of halogens is 1. The average molecular weight is 252 g/mol. The molecule has 0 bridgehead atoms. The molecule has 0 radical (unpaired) electrons. The molecule has 1 atom stereocenters. The molecule has 13 heavy (non-hydrogen) atoms. The normalized spacial score (nSPS) is 12.2. The lowest BCUT2D eigenvalue weighted by Gasteiger charge is -2.08. The summed E-state index contributed by atoms with van der Waals surface area (Å²) in [6.45, 7) is 5.43. The molecule has 0 spiro atoms. The molecule has 0 amide bonds. The lowest BCUT2D eigenvalue weighted by molar-refractivity contribution is 0.463. The monoisotopic (exact) mass is 251 g/mol. The Morgan fingerprint density at radius 2 is 1.62 bits per heavy atom. The van der Waals surface area contributed by atoms with Crippen LogP contribution in [0.4, 0.5) is 0 Å². The standard InChI is InChI=1S/C11H25N.BrH/c1-3-4-5-6-7-8-11(2)9-10-12;/h11H,3-10,12H2,1-2H3;1H.